The van der Waals surface area contributed by atoms with Crippen LogP contribution in [0.25, 0.3) is 6.08 Å². The number of carbonyl (C=O) groups excluding carboxylic acids is 2. The third-order valence-corrected chi connectivity index (χ3v) is 5.59. The van der Waals surface area contributed by atoms with Gasteiger partial charge >= 0.3 is 0 Å². The molecule has 1 fully saturated rings. The zero-order valence-corrected chi connectivity index (χ0v) is 18.5. The zero-order valence-electron chi connectivity index (χ0n) is 18.5. The van der Waals surface area contributed by atoms with E-state index in [1.807, 2.05) is 77.4 Å². The third-order valence-electron chi connectivity index (χ3n) is 5.59. The lowest BCUT2D eigenvalue weighted by Gasteiger charge is -2.38. The van der Waals surface area contributed by atoms with E-state index < -0.39 is 0 Å². The van der Waals surface area contributed by atoms with Gasteiger partial charge in [0.2, 0.25) is 5.91 Å². The standard InChI is InChI=1S/C26H32N2O3/c1-3-18-28(25(29)15-14-21-10-8-9-13-24(21)31-4-2)23-16-19-27(20-17-23)26(30)22-11-6-5-7-12-22/h5-15,23H,3-4,16-20H2,1-2H3/b15-14+. The molecule has 0 aromatic heterocycles. The van der Waals surface area contributed by atoms with Gasteiger partial charge in [0.15, 0.2) is 0 Å². The van der Waals surface area contributed by atoms with Crippen molar-refractivity contribution in [1.29, 1.82) is 0 Å². The number of carbonyl (C=O) groups is 2. The highest BCUT2D eigenvalue weighted by Gasteiger charge is 2.28. The summed E-state index contributed by atoms with van der Waals surface area (Å²) in [5, 5.41) is 0. The van der Waals surface area contributed by atoms with Gasteiger partial charge in [0.05, 0.1) is 6.61 Å². The fraction of sp³-hybridized carbons (Fsp3) is 0.385. The molecule has 1 saturated heterocycles. The van der Waals surface area contributed by atoms with Crippen LogP contribution in [0.4, 0.5) is 0 Å². The van der Waals surface area contributed by atoms with E-state index in [0.29, 0.717) is 26.2 Å². The summed E-state index contributed by atoms with van der Waals surface area (Å²) in [6.07, 6.45) is 5.98. The Morgan fingerprint density at radius 2 is 1.71 bits per heavy atom. The van der Waals surface area contributed by atoms with E-state index in [0.717, 1.165) is 36.1 Å². The topological polar surface area (TPSA) is 49.9 Å². The SMILES string of the molecule is CCCN(C(=O)/C=C/c1ccccc1OCC)C1CCN(C(=O)c2ccccc2)CC1. The number of hydrogen-bond donors (Lipinski definition) is 0. The fourth-order valence-electron chi connectivity index (χ4n) is 4.02. The van der Waals surface area contributed by atoms with E-state index in [2.05, 4.69) is 6.92 Å². The maximum atomic E-state index is 13.0. The summed E-state index contributed by atoms with van der Waals surface area (Å²) in [5.41, 5.74) is 1.62. The predicted octanol–water partition coefficient (Wildman–Crippen LogP) is 4.64. The van der Waals surface area contributed by atoms with E-state index >= 15 is 0 Å². The molecule has 3 rings (SSSR count). The number of piperidine rings is 1. The number of benzene rings is 2. The van der Waals surface area contributed by atoms with Gasteiger partial charge in [-0.05, 0) is 50.5 Å². The van der Waals surface area contributed by atoms with Crippen LogP contribution in [0.3, 0.4) is 0 Å². The molecule has 0 saturated carbocycles. The maximum absolute atomic E-state index is 13.0. The Hall–Kier alpha value is -3.08. The molecule has 0 atom stereocenters. The molecule has 2 aromatic carbocycles. The molecule has 5 heteroatoms. The fourth-order valence-corrected chi connectivity index (χ4v) is 4.02. The average molecular weight is 421 g/mol. The minimum Gasteiger partial charge on any atom is -0.493 e. The van der Waals surface area contributed by atoms with Crippen molar-refractivity contribution < 1.29 is 14.3 Å². The van der Waals surface area contributed by atoms with Gasteiger partial charge in [-0.2, -0.15) is 0 Å². The lowest BCUT2D eigenvalue weighted by molar-refractivity contribution is -0.129. The summed E-state index contributed by atoms with van der Waals surface area (Å²) >= 11 is 0. The van der Waals surface area contributed by atoms with Crippen molar-refractivity contribution in [3.63, 3.8) is 0 Å². The van der Waals surface area contributed by atoms with Crippen LogP contribution in [0, 0.1) is 0 Å². The molecule has 1 heterocycles. The second-order valence-corrected chi connectivity index (χ2v) is 7.73. The molecule has 2 amide bonds. The van der Waals surface area contributed by atoms with Crippen LogP contribution in [0.1, 0.15) is 49.0 Å². The van der Waals surface area contributed by atoms with Crippen LogP contribution in [0.2, 0.25) is 0 Å². The Labute approximate surface area is 185 Å². The molecule has 0 unspecified atom stereocenters. The predicted molar refractivity (Wildman–Crippen MR) is 124 cm³/mol. The molecule has 0 aliphatic carbocycles. The Morgan fingerprint density at radius 3 is 2.39 bits per heavy atom. The largest absolute Gasteiger partial charge is 0.493 e. The molecule has 2 aromatic rings. The summed E-state index contributed by atoms with van der Waals surface area (Å²) in [6.45, 7) is 6.67. The number of ether oxygens (including phenoxy) is 1. The maximum Gasteiger partial charge on any atom is 0.253 e. The Bertz CT molecular complexity index is 887. The number of amides is 2. The second kappa shape index (κ2) is 11.3. The van der Waals surface area contributed by atoms with Gasteiger partial charge in [0.25, 0.3) is 5.91 Å². The van der Waals surface area contributed by atoms with Crippen LogP contribution in [-0.4, -0.2) is 53.9 Å². The smallest absolute Gasteiger partial charge is 0.253 e. The molecular weight excluding hydrogens is 388 g/mol. The highest BCUT2D eigenvalue weighted by molar-refractivity contribution is 5.94. The average Bonchev–Trinajstić information content (AvgIpc) is 2.82. The van der Waals surface area contributed by atoms with Gasteiger partial charge in [0.1, 0.15) is 5.75 Å². The number of para-hydroxylation sites is 1. The Morgan fingerprint density at radius 1 is 1.03 bits per heavy atom. The van der Waals surface area contributed by atoms with E-state index in [4.69, 9.17) is 4.74 Å². The van der Waals surface area contributed by atoms with Crippen LogP contribution < -0.4 is 4.74 Å². The van der Waals surface area contributed by atoms with Gasteiger partial charge in [0, 0.05) is 42.9 Å². The van der Waals surface area contributed by atoms with Crippen molar-refractivity contribution in [2.75, 3.05) is 26.2 Å². The molecule has 0 bridgehead atoms. The number of hydrogen-bond acceptors (Lipinski definition) is 3. The van der Waals surface area contributed by atoms with Crippen LogP contribution in [0.15, 0.2) is 60.7 Å². The van der Waals surface area contributed by atoms with Crippen LogP contribution in [-0.2, 0) is 4.79 Å². The van der Waals surface area contributed by atoms with Crippen molar-refractivity contribution in [1.82, 2.24) is 9.80 Å². The van der Waals surface area contributed by atoms with Crippen LogP contribution in [0.5, 0.6) is 5.75 Å². The van der Waals surface area contributed by atoms with Crippen LogP contribution >= 0.6 is 0 Å². The Balaban J connectivity index is 1.63. The first kappa shape index (κ1) is 22.6. The van der Waals surface area contributed by atoms with E-state index in [1.165, 1.54) is 0 Å². The Kier molecular flexibility index (Phi) is 8.27. The summed E-state index contributed by atoms with van der Waals surface area (Å²) in [4.78, 5) is 29.6. The molecule has 0 radical (unpaired) electrons. The molecule has 1 aliphatic rings. The summed E-state index contributed by atoms with van der Waals surface area (Å²) < 4.78 is 5.65. The van der Waals surface area contributed by atoms with E-state index in [9.17, 15) is 9.59 Å². The lowest BCUT2D eigenvalue weighted by Crippen LogP contribution is -2.48. The highest BCUT2D eigenvalue weighted by atomic mass is 16.5. The van der Waals surface area contributed by atoms with E-state index in [-0.39, 0.29) is 17.9 Å². The van der Waals surface area contributed by atoms with Gasteiger partial charge in [-0.3, -0.25) is 9.59 Å². The second-order valence-electron chi connectivity index (χ2n) is 7.73. The molecule has 31 heavy (non-hydrogen) atoms. The summed E-state index contributed by atoms with van der Waals surface area (Å²) in [7, 11) is 0. The molecule has 5 nitrogen and oxygen atoms in total. The highest BCUT2D eigenvalue weighted by Crippen LogP contribution is 2.22. The van der Waals surface area contributed by atoms with Crippen molar-refractivity contribution in [3.05, 3.63) is 71.8 Å². The minimum atomic E-state index is 0.0148. The lowest BCUT2D eigenvalue weighted by atomic mass is 10.0. The first-order valence-electron chi connectivity index (χ1n) is 11.2. The molecule has 0 N–H and O–H groups in total. The van der Waals surface area contributed by atoms with Crippen molar-refractivity contribution in [2.24, 2.45) is 0 Å². The molecular formula is C26H32N2O3. The molecule has 1 aliphatic heterocycles. The first-order chi connectivity index (χ1) is 15.1. The minimum absolute atomic E-state index is 0.0148. The third kappa shape index (κ3) is 5.97. The normalized spacial score (nSPS) is 14.6. The van der Waals surface area contributed by atoms with Gasteiger partial charge in [-0.25, -0.2) is 0 Å². The molecule has 164 valence electrons. The van der Waals surface area contributed by atoms with Gasteiger partial charge < -0.3 is 14.5 Å². The quantitative estimate of drug-likeness (QED) is 0.585. The summed E-state index contributed by atoms with van der Waals surface area (Å²) in [5.74, 6) is 0.865. The first-order valence-corrected chi connectivity index (χ1v) is 11.2. The van der Waals surface area contributed by atoms with Crippen molar-refractivity contribution in [2.45, 2.75) is 39.2 Å². The summed E-state index contributed by atoms with van der Waals surface area (Å²) in [6, 6.07) is 17.3. The van der Waals surface area contributed by atoms with Gasteiger partial charge in [-0.1, -0.05) is 43.3 Å². The van der Waals surface area contributed by atoms with Crippen molar-refractivity contribution >= 4 is 17.9 Å². The van der Waals surface area contributed by atoms with E-state index in [1.54, 1.807) is 6.08 Å². The zero-order chi connectivity index (χ0) is 22.1. The number of rotatable bonds is 8. The number of nitrogens with zero attached hydrogens (tertiary/aromatic N) is 2. The number of likely N-dealkylation sites (tertiary alicyclic amines) is 1. The van der Waals surface area contributed by atoms with Crippen molar-refractivity contribution in [3.8, 4) is 5.75 Å². The molecule has 0 spiro atoms. The van der Waals surface area contributed by atoms with Gasteiger partial charge in [-0.15, -0.1) is 0 Å². The monoisotopic (exact) mass is 420 g/mol.